The number of benzene rings is 1. The molecule has 0 atom stereocenters. The molecule has 0 unspecified atom stereocenters. The van der Waals surface area contributed by atoms with Gasteiger partial charge in [-0.2, -0.15) is 0 Å². The molecule has 1 aromatic heterocycles. The fourth-order valence-electron chi connectivity index (χ4n) is 1.83. The van der Waals surface area contributed by atoms with Gasteiger partial charge in [0.25, 0.3) is 5.56 Å². The molecule has 5 nitrogen and oxygen atoms in total. The van der Waals surface area contributed by atoms with Crippen LogP contribution < -0.4 is 17.0 Å². The van der Waals surface area contributed by atoms with E-state index in [1.54, 1.807) is 7.05 Å². The van der Waals surface area contributed by atoms with Crippen LogP contribution in [0.15, 0.2) is 46.1 Å². The minimum absolute atomic E-state index is 0.0881. The van der Waals surface area contributed by atoms with E-state index in [2.05, 4.69) is 0 Å². The van der Waals surface area contributed by atoms with Gasteiger partial charge in [-0.25, -0.2) is 4.79 Å². The number of anilines is 1. The Morgan fingerprint density at radius 1 is 1.17 bits per heavy atom. The van der Waals surface area contributed by atoms with Gasteiger partial charge < -0.3 is 10.3 Å². The molecule has 0 bridgehead atoms. The number of nitrogen functional groups attached to an aromatic ring is 1. The van der Waals surface area contributed by atoms with Crippen LogP contribution in [0.1, 0.15) is 5.56 Å². The summed E-state index contributed by atoms with van der Waals surface area (Å²) in [6.07, 6.45) is 1.98. The van der Waals surface area contributed by atoms with E-state index < -0.39 is 5.56 Å². The Kier molecular flexibility index (Phi) is 3.32. The zero-order valence-electron chi connectivity index (χ0n) is 10.2. The molecule has 18 heavy (non-hydrogen) atoms. The van der Waals surface area contributed by atoms with Crippen LogP contribution in [0, 0.1) is 0 Å². The van der Waals surface area contributed by atoms with Crippen molar-refractivity contribution in [1.82, 2.24) is 9.13 Å². The summed E-state index contributed by atoms with van der Waals surface area (Å²) in [5, 5.41) is 0. The minimum atomic E-state index is -0.422. The van der Waals surface area contributed by atoms with Crippen molar-refractivity contribution in [3.63, 3.8) is 0 Å². The van der Waals surface area contributed by atoms with Crippen LogP contribution in [0.2, 0.25) is 0 Å². The van der Waals surface area contributed by atoms with Crippen LogP contribution in [0.3, 0.4) is 0 Å². The molecule has 0 aliphatic carbocycles. The molecule has 0 fully saturated rings. The van der Waals surface area contributed by atoms with Gasteiger partial charge in [0, 0.05) is 19.8 Å². The first-order valence-electron chi connectivity index (χ1n) is 5.69. The third kappa shape index (κ3) is 2.34. The molecule has 0 aliphatic rings. The Bertz CT molecular complexity index is 622. The fourth-order valence-corrected chi connectivity index (χ4v) is 1.83. The lowest BCUT2D eigenvalue weighted by atomic mass is 10.1. The number of aryl methyl sites for hydroxylation is 2. The van der Waals surface area contributed by atoms with Gasteiger partial charge in [-0.15, -0.1) is 0 Å². The lowest BCUT2D eigenvalue weighted by Crippen LogP contribution is -2.40. The third-order valence-corrected chi connectivity index (χ3v) is 2.82. The quantitative estimate of drug-likeness (QED) is 0.849. The molecule has 5 heteroatoms. The molecule has 2 aromatic rings. The number of nitrogens with two attached hydrogens (primary N) is 1. The summed E-state index contributed by atoms with van der Waals surface area (Å²) in [6, 6.07) is 9.70. The monoisotopic (exact) mass is 245 g/mol. The van der Waals surface area contributed by atoms with Crippen LogP contribution >= 0.6 is 0 Å². The maximum Gasteiger partial charge on any atom is 0.330 e. The first-order valence-corrected chi connectivity index (χ1v) is 5.69. The van der Waals surface area contributed by atoms with Crippen molar-refractivity contribution in [3.05, 3.63) is 62.9 Å². The first kappa shape index (κ1) is 12.2. The molecule has 94 valence electrons. The van der Waals surface area contributed by atoms with E-state index in [1.807, 2.05) is 30.3 Å². The van der Waals surface area contributed by atoms with Gasteiger partial charge in [0.05, 0.1) is 0 Å². The Labute approximate surface area is 104 Å². The topological polar surface area (TPSA) is 70.0 Å². The second kappa shape index (κ2) is 4.91. The number of rotatable bonds is 3. The Hall–Kier alpha value is -2.30. The zero-order valence-corrected chi connectivity index (χ0v) is 10.2. The van der Waals surface area contributed by atoms with Crippen molar-refractivity contribution in [2.75, 3.05) is 5.73 Å². The minimum Gasteiger partial charge on any atom is -0.393 e. The molecule has 0 saturated heterocycles. The molecule has 0 saturated carbocycles. The average molecular weight is 245 g/mol. The second-order valence-electron chi connectivity index (χ2n) is 4.17. The Balaban J connectivity index is 2.30. The van der Waals surface area contributed by atoms with Crippen molar-refractivity contribution in [1.29, 1.82) is 0 Å². The summed E-state index contributed by atoms with van der Waals surface area (Å²) in [6.45, 7) is 0.334. The first-order chi connectivity index (χ1) is 8.59. The predicted molar refractivity (Wildman–Crippen MR) is 70.5 cm³/mol. The lowest BCUT2D eigenvalue weighted by molar-refractivity contribution is 0.593. The third-order valence-electron chi connectivity index (χ3n) is 2.82. The summed E-state index contributed by atoms with van der Waals surface area (Å²) in [5.74, 6) is 0. The molecule has 2 N–H and O–H groups in total. The highest BCUT2D eigenvalue weighted by atomic mass is 16.2. The number of hydrogen-bond donors (Lipinski definition) is 1. The summed E-state index contributed by atoms with van der Waals surface area (Å²) >= 11 is 0. The summed E-state index contributed by atoms with van der Waals surface area (Å²) in [7, 11) is 1.58. The number of aromatic nitrogens is 2. The van der Waals surface area contributed by atoms with Crippen molar-refractivity contribution >= 4 is 5.69 Å². The molecule has 0 aliphatic heterocycles. The highest BCUT2D eigenvalue weighted by Crippen LogP contribution is 2.00. The maximum absolute atomic E-state index is 11.8. The van der Waals surface area contributed by atoms with Crippen LogP contribution in [0.25, 0.3) is 0 Å². The van der Waals surface area contributed by atoms with E-state index in [9.17, 15) is 9.59 Å². The van der Waals surface area contributed by atoms with E-state index in [1.165, 1.54) is 15.3 Å². The van der Waals surface area contributed by atoms with E-state index in [0.29, 0.717) is 13.0 Å². The highest BCUT2D eigenvalue weighted by molar-refractivity contribution is 5.30. The molecular weight excluding hydrogens is 230 g/mol. The summed E-state index contributed by atoms with van der Waals surface area (Å²) < 4.78 is 2.49. The van der Waals surface area contributed by atoms with Gasteiger partial charge in [-0.1, -0.05) is 30.3 Å². The molecule has 2 rings (SSSR count). The highest BCUT2D eigenvalue weighted by Gasteiger charge is 2.07. The molecular formula is C13H15N3O2. The Morgan fingerprint density at radius 3 is 2.50 bits per heavy atom. The fraction of sp³-hybridized carbons (Fsp3) is 0.231. The molecule has 0 spiro atoms. The normalized spacial score (nSPS) is 10.5. The Morgan fingerprint density at radius 2 is 1.83 bits per heavy atom. The van der Waals surface area contributed by atoms with Gasteiger partial charge in [-0.3, -0.25) is 9.36 Å². The molecule has 0 radical (unpaired) electrons. The predicted octanol–water partition coefficient (Wildman–Crippen LogP) is 0.372. The van der Waals surface area contributed by atoms with Crippen LogP contribution in [0.4, 0.5) is 5.69 Å². The van der Waals surface area contributed by atoms with Gasteiger partial charge in [-0.05, 0) is 12.0 Å². The number of hydrogen-bond acceptors (Lipinski definition) is 3. The van der Waals surface area contributed by atoms with Crippen molar-refractivity contribution in [2.45, 2.75) is 13.0 Å². The van der Waals surface area contributed by atoms with E-state index in [0.717, 1.165) is 5.56 Å². The second-order valence-corrected chi connectivity index (χ2v) is 4.17. The average Bonchev–Trinajstić information content (AvgIpc) is 2.38. The van der Waals surface area contributed by atoms with Crippen molar-refractivity contribution < 1.29 is 0 Å². The van der Waals surface area contributed by atoms with Gasteiger partial charge in [0.15, 0.2) is 0 Å². The van der Waals surface area contributed by atoms with Gasteiger partial charge in [0.2, 0.25) is 0 Å². The van der Waals surface area contributed by atoms with E-state index in [-0.39, 0.29) is 11.4 Å². The molecule has 1 aromatic carbocycles. The van der Waals surface area contributed by atoms with Crippen LogP contribution in [-0.4, -0.2) is 9.13 Å². The molecule has 0 amide bonds. The largest absolute Gasteiger partial charge is 0.393 e. The smallest absolute Gasteiger partial charge is 0.330 e. The summed E-state index contributed by atoms with van der Waals surface area (Å²) in [5.41, 5.74) is 5.97. The van der Waals surface area contributed by atoms with Crippen LogP contribution in [0.5, 0.6) is 0 Å². The van der Waals surface area contributed by atoms with Crippen molar-refractivity contribution in [2.24, 2.45) is 7.05 Å². The zero-order chi connectivity index (χ0) is 13.1. The summed E-state index contributed by atoms with van der Waals surface area (Å²) in [4.78, 5) is 23.6. The van der Waals surface area contributed by atoms with Gasteiger partial charge in [0.1, 0.15) is 5.69 Å². The van der Waals surface area contributed by atoms with Crippen molar-refractivity contribution in [3.8, 4) is 0 Å². The van der Waals surface area contributed by atoms with Crippen LogP contribution in [-0.2, 0) is 20.0 Å². The van der Waals surface area contributed by atoms with E-state index in [4.69, 9.17) is 5.73 Å². The van der Waals surface area contributed by atoms with E-state index >= 15 is 0 Å². The van der Waals surface area contributed by atoms with Gasteiger partial charge >= 0.3 is 5.69 Å². The lowest BCUT2D eigenvalue weighted by Gasteiger charge is -2.08. The SMILES string of the molecule is Cn1cc(N)c(=O)n(CCc2ccccc2)c1=O. The maximum atomic E-state index is 11.8. The molecule has 1 heterocycles. The number of nitrogens with zero attached hydrogens (tertiary/aromatic N) is 2. The standard InChI is InChI=1S/C13H15N3O2/c1-15-9-11(14)12(17)16(13(15)18)8-7-10-5-3-2-4-6-10/h2-6,9H,7-8,14H2,1H3.